The number of likely N-dealkylation sites (tertiary alicyclic amines) is 1. The van der Waals surface area contributed by atoms with Crippen molar-refractivity contribution in [3.8, 4) is 11.5 Å². The summed E-state index contributed by atoms with van der Waals surface area (Å²) < 4.78 is 11.1. The Balaban J connectivity index is 1.30. The van der Waals surface area contributed by atoms with Crippen molar-refractivity contribution in [2.24, 2.45) is 5.92 Å². The molecule has 0 bridgehead atoms. The Morgan fingerprint density at radius 3 is 2.07 bits per heavy atom. The van der Waals surface area contributed by atoms with Crippen LogP contribution in [0, 0.1) is 5.92 Å². The molecule has 2 amide bonds. The van der Waals surface area contributed by atoms with Crippen molar-refractivity contribution in [1.82, 2.24) is 9.80 Å². The minimum Gasteiger partial charge on any atom is -0.457 e. The lowest BCUT2D eigenvalue weighted by molar-refractivity contribution is -0.141. The Morgan fingerprint density at radius 1 is 0.793 bits per heavy atom. The first kappa shape index (κ1) is 19.5. The van der Waals surface area contributed by atoms with Gasteiger partial charge in [-0.05, 0) is 49.2 Å². The lowest BCUT2D eigenvalue weighted by Gasteiger charge is -2.35. The van der Waals surface area contributed by atoms with E-state index in [9.17, 15) is 9.59 Å². The zero-order valence-corrected chi connectivity index (χ0v) is 16.5. The molecule has 2 fully saturated rings. The topological polar surface area (TPSA) is 59.1 Å². The molecule has 0 atom stereocenters. The third-order valence-electron chi connectivity index (χ3n) is 5.53. The fourth-order valence-electron chi connectivity index (χ4n) is 3.84. The van der Waals surface area contributed by atoms with Crippen LogP contribution in [0.2, 0.25) is 0 Å². The summed E-state index contributed by atoms with van der Waals surface area (Å²) >= 11 is 0. The molecule has 2 saturated heterocycles. The van der Waals surface area contributed by atoms with Crippen molar-refractivity contribution in [1.29, 1.82) is 0 Å². The van der Waals surface area contributed by atoms with Gasteiger partial charge in [0.2, 0.25) is 5.91 Å². The number of rotatable bonds is 4. The summed E-state index contributed by atoms with van der Waals surface area (Å²) in [5, 5.41) is 0. The van der Waals surface area contributed by atoms with Crippen LogP contribution < -0.4 is 4.74 Å². The summed E-state index contributed by atoms with van der Waals surface area (Å²) in [6, 6.07) is 16.8. The van der Waals surface area contributed by atoms with Gasteiger partial charge in [-0.15, -0.1) is 0 Å². The summed E-state index contributed by atoms with van der Waals surface area (Å²) in [7, 11) is 0. The summed E-state index contributed by atoms with van der Waals surface area (Å²) in [6.07, 6.45) is 1.44. The van der Waals surface area contributed by atoms with E-state index in [2.05, 4.69) is 0 Å². The van der Waals surface area contributed by atoms with Crippen LogP contribution in [0.5, 0.6) is 11.5 Å². The van der Waals surface area contributed by atoms with Gasteiger partial charge in [0.05, 0.1) is 13.2 Å². The molecular weight excluding hydrogens is 368 g/mol. The fraction of sp³-hybridized carbons (Fsp3) is 0.391. The number of piperidine rings is 1. The van der Waals surface area contributed by atoms with E-state index in [1.54, 1.807) is 12.1 Å². The van der Waals surface area contributed by atoms with Crippen LogP contribution in [0.3, 0.4) is 0 Å². The predicted molar refractivity (Wildman–Crippen MR) is 109 cm³/mol. The van der Waals surface area contributed by atoms with Gasteiger partial charge in [0.15, 0.2) is 0 Å². The maximum atomic E-state index is 12.8. The van der Waals surface area contributed by atoms with E-state index in [0.29, 0.717) is 50.7 Å². The molecule has 2 aliphatic rings. The highest BCUT2D eigenvalue weighted by Crippen LogP contribution is 2.24. The zero-order valence-electron chi connectivity index (χ0n) is 16.5. The highest BCUT2D eigenvalue weighted by Gasteiger charge is 2.31. The van der Waals surface area contributed by atoms with Crippen LogP contribution in [-0.4, -0.2) is 61.0 Å². The van der Waals surface area contributed by atoms with Crippen molar-refractivity contribution in [3.05, 3.63) is 60.2 Å². The first-order chi connectivity index (χ1) is 14.2. The normalized spacial score (nSPS) is 17.8. The average molecular weight is 394 g/mol. The molecule has 0 saturated carbocycles. The van der Waals surface area contributed by atoms with Gasteiger partial charge in [0.1, 0.15) is 11.5 Å². The molecule has 29 heavy (non-hydrogen) atoms. The van der Waals surface area contributed by atoms with E-state index in [1.807, 2.05) is 52.3 Å². The number of hydrogen-bond donors (Lipinski definition) is 0. The Hall–Kier alpha value is -2.86. The SMILES string of the molecule is O=C(c1ccc(Oc2ccccc2)cc1)N1CCC(C(=O)N2CCOCC2)CC1. The number of ether oxygens (including phenoxy) is 2. The molecule has 2 aliphatic heterocycles. The highest BCUT2D eigenvalue weighted by molar-refractivity contribution is 5.94. The van der Waals surface area contributed by atoms with E-state index < -0.39 is 0 Å². The minimum atomic E-state index is 0.00790. The van der Waals surface area contributed by atoms with E-state index in [1.165, 1.54) is 0 Å². The molecule has 6 heteroatoms. The molecule has 2 heterocycles. The van der Waals surface area contributed by atoms with Gasteiger partial charge in [0, 0.05) is 37.7 Å². The Bertz CT molecular complexity index is 824. The molecule has 152 valence electrons. The number of benzene rings is 2. The smallest absolute Gasteiger partial charge is 0.253 e. The first-order valence-electron chi connectivity index (χ1n) is 10.2. The maximum absolute atomic E-state index is 12.8. The fourth-order valence-corrected chi connectivity index (χ4v) is 3.84. The Labute approximate surface area is 171 Å². The van der Waals surface area contributed by atoms with Crippen molar-refractivity contribution in [3.63, 3.8) is 0 Å². The number of carbonyl (C=O) groups is 2. The second-order valence-electron chi connectivity index (χ2n) is 7.44. The Morgan fingerprint density at radius 2 is 1.41 bits per heavy atom. The molecule has 4 rings (SSSR count). The van der Waals surface area contributed by atoms with Crippen LogP contribution in [0.25, 0.3) is 0 Å². The Kier molecular flexibility index (Phi) is 6.10. The van der Waals surface area contributed by atoms with Crippen molar-refractivity contribution in [2.45, 2.75) is 12.8 Å². The number of amides is 2. The average Bonchev–Trinajstić information content (AvgIpc) is 2.80. The molecular formula is C23H26N2O4. The molecule has 0 aromatic heterocycles. The molecule has 2 aromatic carbocycles. The monoisotopic (exact) mass is 394 g/mol. The number of morpholine rings is 1. The summed E-state index contributed by atoms with van der Waals surface area (Å²) in [5.74, 6) is 1.69. The van der Waals surface area contributed by atoms with E-state index >= 15 is 0 Å². The van der Waals surface area contributed by atoms with E-state index in [4.69, 9.17) is 9.47 Å². The van der Waals surface area contributed by atoms with Crippen LogP contribution in [-0.2, 0) is 9.53 Å². The number of nitrogens with zero attached hydrogens (tertiary/aromatic N) is 2. The standard InChI is InChI=1S/C23H26N2O4/c26-22(18-6-8-21(9-7-18)29-20-4-2-1-3-5-20)24-12-10-19(11-13-24)23(27)25-14-16-28-17-15-25/h1-9,19H,10-17H2. The van der Waals surface area contributed by atoms with Crippen LogP contribution >= 0.6 is 0 Å². The van der Waals surface area contributed by atoms with E-state index in [-0.39, 0.29) is 17.7 Å². The van der Waals surface area contributed by atoms with Crippen LogP contribution in [0.1, 0.15) is 23.2 Å². The van der Waals surface area contributed by atoms with Gasteiger partial charge >= 0.3 is 0 Å². The number of para-hydroxylation sites is 1. The van der Waals surface area contributed by atoms with Gasteiger partial charge in [-0.25, -0.2) is 0 Å². The summed E-state index contributed by atoms with van der Waals surface area (Å²) in [4.78, 5) is 29.2. The highest BCUT2D eigenvalue weighted by atomic mass is 16.5. The quantitative estimate of drug-likeness (QED) is 0.799. The number of carbonyl (C=O) groups excluding carboxylic acids is 2. The molecule has 0 N–H and O–H groups in total. The lowest BCUT2D eigenvalue weighted by Crippen LogP contribution is -2.47. The largest absolute Gasteiger partial charge is 0.457 e. The van der Waals surface area contributed by atoms with E-state index in [0.717, 1.165) is 18.6 Å². The third-order valence-corrected chi connectivity index (χ3v) is 5.53. The minimum absolute atomic E-state index is 0.00790. The van der Waals surface area contributed by atoms with Gasteiger partial charge in [-0.2, -0.15) is 0 Å². The second kappa shape index (κ2) is 9.09. The molecule has 0 unspecified atom stereocenters. The van der Waals surface area contributed by atoms with Gasteiger partial charge in [-0.1, -0.05) is 18.2 Å². The zero-order chi connectivity index (χ0) is 20.1. The molecule has 0 radical (unpaired) electrons. The third kappa shape index (κ3) is 4.77. The second-order valence-corrected chi connectivity index (χ2v) is 7.44. The molecule has 0 spiro atoms. The van der Waals surface area contributed by atoms with Gasteiger partial charge < -0.3 is 19.3 Å². The summed E-state index contributed by atoms with van der Waals surface area (Å²) in [5.41, 5.74) is 0.642. The lowest BCUT2D eigenvalue weighted by atomic mass is 9.94. The van der Waals surface area contributed by atoms with Crippen molar-refractivity contribution in [2.75, 3.05) is 39.4 Å². The van der Waals surface area contributed by atoms with Gasteiger partial charge in [0.25, 0.3) is 5.91 Å². The summed E-state index contributed by atoms with van der Waals surface area (Å²) in [6.45, 7) is 3.81. The van der Waals surface area contributed by atoms with Crippen LogP contribution in [0.15, 0.2) is 54.6 Å². The van der Waals surface area contributed by atoms with Gasteiger partial charge in [-0.3, -0.25) is 9.59 Å². The molecule has 0 aliphatic carbocycles. The van der Waals surface area contributed by atoms with Crippen molar-refractivity contribution >= 4 is 11.8 Å². The maximum Gasteiger partial charge on any atom is 0.253 e. The first-order valence-corrected chi connectivity index (χ1v) is 10.2. The number of hydrogen-bond acceptors (Lipinski definition) is 4. The van der Waals surface area contributed by atoms with Crippen LogP contribution in [0.4, 0.5) is 0 Å². The predicted octanol–water partition coefficient (Wildman–Crippen LogP) is 3.19. The molecule has 6 nitrogen and oxygen atoms in total. The van der Waals surface area contributed by atoms with Crippen molar-refractivity contribution < 1.29 is 19.1 Å². The molecule has 2 aromatic rings.